The molecule has 0 unspecified atom stereocenters. The Labute approximate surface area is 141 Å². The second-order valence-corrected chi connectivity index (χ2v) is 7.35. The molecular formula is C17H24N4OS. The Morgan fingerprint density at radius 3 is 3.09 bits per heavy atom. The predicted molar refractivity (Wildman–Crippen MR) is 94.9 cm³/mol. The van der Waals surface area contributed by atoms with Crippen LogP contribution in [0.2, 0.25) is 0 Å². The van der Waals surface area contributed by atoms with Crippen molar-refractivity contribution in [3.63, 3.8) is 0 Å². The van der Waals surface area contributed by atoms with E-state index in [0.29, 0.717) is 12.5 Å². The molecule has 0 radical (unpaired) electrons. The maximum atomic E-state index is 11.9. The average Bonchev–Trinajstić information content (AvgIpc) is 2.96. The molecular weight excluding hydrogens is 308 g/mol. The normalized spacial score (nSPS) is 18.9. The van der Waals surface area contributed by atoms with Crippen molar-refractivity contribution >= 4 is 27.6 Å². The van der Waals surface area contributed by atoms with Crippen LogP contribution in [-0.2, 0) is 6.42 Å². The molecule has 0 spiro atoms. The van der Waals surface area contributed by atoms with E-state index in [2.05, 4.69) is 33.6 Å². The fourth-order valence-corrected chi connectivity index (χ4v) is 4.02. The van der Waals surface area contributed by atoms with E-state index in [9.17, 15) is 4.79 Å². The molecule has 124 valence electrons. The predicted octanol–water partition coefficient (Wildman–Crippen LogP) is 2.48. The first-order valence-electron chi connectivity index (χ1n) is 8.25. The van der Waals surface area contributed by atoms with Gasteiger partial charge in [0, 0.05) is 26.1 Å². The van der Waals surface area contributed by atoms with E-state index in [-0.39, 0.29) is 6.03 Å². The summed E-state index contributed by atoms with van der Waals surface area (Å²) >= 11 is 1.70. The zero-order valence-electron chi connectivity index (χ0n) is 13.5. The zero-order chi connectivity index (χ0) is 16.1. The van der Waals surface area contributed by atoms with E-state index in [1.165, 1.54) is 24.1 Å². The lowest BCUT2D eigenvalue weighted by Crippen LogP contribution is -2.43. The maximum absolute atomic E-state index is 11.9. The lowest BCUT2D eigenvalue weighted by Gasteiger charge is -2.29. The average molecular weight is 332 g/mol. The number of carbonyl (C=O) groups is 1. The number of aromatic nitrogens is 1. The van der Waals surface area contributed by atoms with E-state index in [1.807, 2.05) is 18.2 Å². The third-order valence-corrected chi connectivity index (χ3v) is 5.33. The van der Waals surface area contributed by atoms with Crippen molar-refractivity contribution in [1.29, 1.82) is 0 Å². The van der Waals surface area contributed by atoms with Crippen LogP contribution >= 0.6 is 11.3 Å². The first-order valence-corrected chi connectivity index (χ1v) is 9.07. The van der Waals surface area contributed by atoms with Gasteiger partial charge in [0.25, 0.3) is 0 Å². The number of benzene rings is 1. The summed E-state index contributed by atoms with van der Waals surface area (Å²) in [6, 6.07) is 8.06. The van der Waals surface area contributed by atoms with Gasteiger partial charge in [-0.2, -0.15) is 0 Å². The first kappa shape index (κ1) is 16.2. The number of piperidine rings is 1. The van der Waals surface area contributed by atoms with E-state index >= 15 is 0 Å². The van der Waals surface area contributed by atoms with Crippen LogP contribution in [0, 0.1) is 5.92 Å². The topological polar surface area (TPSA) is 57.3 Å². The maximum Gasteiger partial charge on any atom is 0.314 e. The van der Waals surface area contributed by atoms with Crippen molar-refractivity contribution in [3.8, 4) is 0 Å². The molecule has 1 aromatic heterocycles. The Hall–Kier alpha value is -1.66. The number of hydrogen-bond acceptors (Lipinski definition) is 4. The van der Waals surface area contributed by atoms with Crippen LogP contribution in [0.15, 0.2) is 24.3 Å². The Morgan fingerprint density at radius 2 is 2.26 bits per heavy atom. The largest absolute Gasteiger partial charge is 0.338 e. The van der Waals surface area contributed by atoms with Crippen LogP contribution in [0.4, 0.5) is 4.79 Å². The summed E-state index contributed by atoms with van der Waals surface area (Å²) in [5, 5.41) is 6.99. The standard InChI is InChI=1S/C17H24N4OS/c1-21-10-4-5-13(12-21)11-19-17(22)18-9-8-16-20-14-6-2-3-7-15(14)23-16/h2-3,6-7,13H,4-5,8-12H2,1H3,(H2,18,19,22)/t13-/m0/s1. The molecule has 2 heterocycles. The molecule has 1 fully saturated rings. The van der Waals surface area contributed by atoms with Crippen LogP contribution in [0.3, 0.4) is 0 Å². The molecule has 1 atom stereocenters. The smallest absolute Gasteiger partial charge is 0.314 e. The highest BCUT2D eigenvalue weighted by Gasteiger charge is 2.17. The van der Waals surface area contributed by atoms with Gasteiger partial charge in [-0.05, 0) is 44.5 Å². The first-order chi connectivity index (χ1) is 11.2. The third kappa shape index (κ3) is 4.65. The molecule has 0 saturated carbocycles. The highest BCUT2D eigenvalue weighted by molar-refractivity contribution is 7.18. The molecule has 1 saturated heterocycles. The number of urea groups is 1. The van der Waals surface area contributed by atoms with Crippen molar-refractivity contribution in [2.75, 3.05) is 33.2 Å². The molecule has 1 aliphatic rings. The summed E-state index contributed by atoms with van der Waals surface area (Å²) in [7, 11) is 2.14. The van der Waals surface area contributed by atoms with E-state index in [0.717, 1.165) is 30.0 Å². The van der Waals surface area contributed by atoms with Gasteiger partial charge in [0.15, 0.2) is 0 Å². The van der Waals surface area contributed by atoms with Gasteiger partial charge in [-0.1, -0.05) is 12.1 Å². The number of para-hydroxylation sites is 1. The summed E-state index contributed by atoms with van der Waals surface area (Å²) in [6.45, 7) is 3.63. The van der Waals surface area contributed by atoms with Gasteiger partial charge in [0.05, 0.1) is 15.2 Å². The van der Waals surface area contributed by atoms with Crippen molar-refractivity contribution in [2.45, 2.75) is 19.3 Å². The van der Waals surface area contributed by atoms with E-state index in [1.54, 1.807) is 11.3 Å². The monoisotopic (exact) mass is 332 g/mol. The minimum Gasteiger partial charge on any atom is -0.338 e. The third-order valence-electron chi connectivity index (χ3n) is 4.24. The molecule has 5 nitrogen and oxygen atoms in total. The molecule has 2 N–H and O–H groups in total. The summed E-state index contributed by atoms with van der Waals surface area (Å²) < 4.78 is 1.20. The summed E-state index contributed by atoms with van der Waals surface area (Å²) in [5.74, 6) is 0.573. The fraction of sp³-hybridized carbons (Fsp3) is 0.529. The van der Waals surface area contributed by atoms with Gasteiger partial charge in [-0.3, -0.25) is 0 Å². The summed E-state index contributed by atoms with van der Waals surface area (Å²) in [6.07, 6.45) is 3.21. The Morgan fingerprint density at radius 1 is 1.39 bits per heavy atom. The lowest BCUT2D eigenvalue weighted by atomic mass is 9.99. The molecule has 3 rings (SSSR count). The lowest BCUT2D eigenvalue weighted by molar-refractivity contribution is 0.202. The van der Waals surface area contributed by atoms with Gasteiger partial charge >= 0.3 is 6.03 Å². The van der Waals surface area contributed by atoms with Gasteiger partial charge in [0.1, 0.15) is 0 Å². The minimum atomic E-state index is -0.0701. The van der Waals surface area contributed by atoms with Gasteiger partial charge in [-0.25, -0.2) is 9.78 Å². The molecule has 1 aromatic carbocycles. The Kier molecular flexibility index (Phi) is 5.46. The van der Waals surface area contributed by atoms with Gasteiger partial charge < -0.3 is 15.5 Å². The zero-order valence-corrected chi connectivity index (χ0v) is 14.4. The van der Waals surface area contributed by atoms with Crippen LogP contribution in [0.1, 0.15) is 17.8 Å². The molecule has 2 aromatic rings. The number of amides is 2. The number of nitrogens with zero attached hydrogens (tertiary/aromatic N) is 2. The van der Waals surface area contributed by atoms with E-state index < -0.39 is 0 Å². The van der Waals surface area contributed by atoms with Crippen LogP contribution < -0.4 is 10.6 Å². The van der Waals surface area contributed by atoms with Gasteiger partial charge in [-0.15, -0.1) is 11.3 Å². The fourth-order valence-electron chi connectivity index (χ4n) is 3.05. The highest BCUT2D eigenvalue weighted by Crippen LogP contribution is 2.21. The minimum absolute atomic E-state index is 0.0701. The van der Waals surface area contributed by atoms with Crippen molar-refractivity contribution < 1.29 is 4.79 Å². The molecule has 6 heteroatoms. The number of likely N-dealkylation sites (tertiary alicyclic amines) is 1. The molecule has 23 heavy (non-hydrogen) atoms. The Bertz CT molecular complexity index is 624. The summed E-state index contributed by atoms with van der Waals surface area (Å²) in [4.78, 5) is 18.8. The van der Waals surface area contributed by atoms with Crippen LogP contribution in [-0.4, -0.2) is 49.1 Å². The van der Waals surface area contributed by atoms with Crippen molar-refractivity contribution in [3.05, 3.63) is 29.3 Å². The number of nitrogens with one attached hydrogen (secondary N) is 2. The van der Waals surface area contributed by atoms with Crippen molar-refractivity contribution in [2.24, 2.45) is 5.92 Å². The number of carbonyl (C=O) groups excluding carboxylic acids is 1. The molecule has 2 amide bonds. The summed E-state index contributed by atoms with van der Waals surface area (Å²) in [5.41, 5.74) is 1.04. The Balaban J connectivity index is 1.37. The second-order valence-electron chi connectivity index (χ2n) is 6.23. The molecule has 0 bridgehead atoms. The second kappa shape index (κ2) is 7.75. The number of fused-ring (bicyclic) bond motifs is 1. The highest BCUT2D eigenvalue weighted by atomic mass is 32.1. The van der Waals surface area contributed by atoms with E-state index in [4.69, 9.17) is 0 Å². The van der Waals surface area contributed by atoms with Gasteiger partial charge in [0.2, 0.25) is 0 Å². The molecule has 0 aliphatic carbocycles. The quantitative estimate of drug-likeness (QED) is 0.884. The van der Waals surface area contributed by atoms with Crippen LogP contribution in [0.5, 0.6) is 0 Å². The number of hydrogen-bond donors (Lipinski definition) is 2. The molecule has 1 aliphatic heterocycles. The van der Waals surface area contributed by atoms with Crippen LogP contribution in [0.25, 0.3) is 10.2 Å². The number of rotatable bonds is 5. The number of thiazole rings is 1. The van der Waals surface area contributed by atoms with Crippen molar-refractivity contribution in [1.82, 2.24) is 20.5 Å². The SMILES string of the molecule is CN1CCC[C@@H](CNC(=O)NCCc2nc3ccccc3s2)C1.